The van der Waals surface area contributed by atoms with Gasteiger partial charge in [-0.1, -0.05) is 28.1 Å². The third-order valence-corrected chi connectivity index (χ3v) is 4.00. The van der Waals surface area contributed by atoms with Gasteiger partial charge in [-0.05, 0) is 49.2 Å². The molecule has 7 heteroatoms. The molecular weight excluding hydrogens is 396 g/mol. The number of carbonyl (C=O) groups excluding carboxylic acids is 1. The smallest absolute Gasteiger partial charge is 0.387 e. The summed E-state index contributed by atoms with van der Waals surface area (Å²) in [7, 11) is 1.32. The first-order chi connectivity index (χ1) is 11.9. The van der Waals surface area contributed by atoms with Crippen molar-refractivity contribution in [2.24, 2.45) is 0 Å². The predicted molar refractivity (Wildman–Crippen MR) is 94.4 cm³/mol. The third kappa shape index (κ3) is 5.70. The average molecular weight is 414 g/mol. The molecule has 0 aliphatic heterocycles. The second-order valence-electron chi connectivity index (χ2n) is 5.45. The van der Waals surface area contributed by atoms with Crippen molar-refractivity contribution in [2.45, 2.75) is 26.0 Å². The molecule has 1 unspecified atom stereocenters. The topological polar surface area (TPSA) is 47.6 Å². The quantitative estimate of drug-likeness (QED) is 0.730. The molecule has 1 atom stereocenters. The first kappa shape index (κ1) is 19.2. The van der Waals surface area contributed by atoms with Crippen molar-refractivity contribution in [1.29, 1.82) is 0 Å². The summed E-state index contributed by atoms with van der Waals surface area (Å²) in [5.74, 6) is -0.350. The van der Waals surface area contributed by atoms with E-state index in [1.807, 2.05) is 31.2 Å². The summed E-state index contributed by atoms with van der Waals surface area (Å²) < 4.78 is 35.0. The van der Waals surface area contributed by atoms with Crippen LogP contribution < -0.4 is 14.8 Å². The Morgan fingerprint density at radius 3 is 2.44 bits per heavy atom. The van der Waals surface area contributed by atoms with Gasteiger partial charge in [0.05, 0.1) is 7.11 Å². The van der Waals surface area contributed by atoms with E-state index in [4.69, 9.17) is 4.74 Å². The molecule has 0 aliphatic carbocycles. The van der Waals surface area contributed by atoms with Crippen molar-refractivity contribution >= 4 is 21.8 Å². The summed E-state index contributed by atoms with van der Waals surface area (Å²) in [6.45, 7) is -1.06. The molecule has 25 heavy (non-hydrogen) atoms. The lowest BCUT2D eigenvalue weighted by Gasteiger charge is -2.15. The normalized spacial score (nSPS) is 11.9. The molecule has 2 rings (SSSR count). The van der Waals surface area contributed by atoms with Crippen LogP contribution >= 0.6 is 15.9 Å². The number of hydrogen-bond acceptors (Lipinski definition) is 3. The van der Waals surface area contributed by atoms with Gasteiger partial charge in [-0.2, -0.15) is 8.78 Å². The van der Waals surface area contributed by atoms with Gasteiger partial charge in [0.15, 0.2) is 11.5 Å². The van der Waals surface area contributed by atoms with Crippen LogP contribution in [-0.4, -0.2) is 25.7 Å². The number of nitrogens with one attached hydrogen (secondary N) is 1. The van der Waals surface area contributed by atoms with Crippen LogP contribution in [0.1, 0.15) is 22.8 Å². The maximum absolute atomic E-state index is 12.3. The molecule has 134 valence electrons. The minimum absolute atomic E-state index is 0.0773. The van der Waals surface area contributed by atoms with Gasteiger partial charge in [0.1, 0.15) is 0 Å². The fourth-order valence-electron chi connectivity index (χ4n) is 2.33. The fraction of sp³-hybridized carbons (Fsp3) is 0.278. The van der Waals surface area contributed by atoms with Crippen molar-refractivity contribution in [2.75, 3.05) is 7.11 Å². The molecule has 2 aromatic rings. The highest BCUT2D eigenvalue weighted by molar-refractivity contribution is 9.10. The van der Waals surface area contributed by atoms with E-state index in [2.05, 4.69) is 26.0 Å². The van der Waals surface area contributed by atoms with Gasteiger partial charge >= 0.3 is 6.61 Å². The number of hydrogen-bond donors (Lipinski definition) is 1. The highest BCUT2D eigenvalue weighted by Gasteiger charge is 2.15. The Bertz CT molecular complexity index is 723. The first-order valence-corrected chi connectivity index (χ1v) is 8.36. The highest BCUT2D eigenvalue weighted by Crippen LogP contribution is 2.29. The molecule has 0 radical (unpaired) electrons. The third-order valence-electron chi connectivity index (χ3n) is 3.47. The number of carbonyl (C=O) groups is 1. The molecule has 0 spiro atoms. The summed E-state index contributed by atoms with van der Waals surface area (Å²) in [4.78, 5) is 12.3. The maximum atomic E-state index is 12.3. The number of rotatable bonds is 7. The Labute approximate surface area is 153 Å². The van der Waals surface area contributed by atoms with Crippen LogP contribution in [0.25, 0.3) is 0 Å². The van der Waals surface area contributed by atoms with E-state index in [1.165, 1.54) is 25.3 Å². The summed E-state index contributed by atoms with van der Waals surface area (Å²) in [5, 5.41) is 2.88. The Kier molecular flexibility index (Phi) is 6.75. The standard InChI is InChI=1S/C18H18BrF2NO3/c1-11(9-12-3-6-14(19)7-4-12)22-17(23)13-5-8-15(25-18(20)21)16(10-13)24-2/h3-8,10-11,18H,9H2,1-2H3,(H,22,23). The summed E-state index contributed by atoms with van der Waals surface area (Å²) in [6, 6.07) is 11.8. The molecule has 4 nitrogen and oxygen atoms in total. The molecule has 0 aromatic heterocycles. The van der Waals surface area contributed by atoms with E-state index in [0.29, 0.717) is 12.0 Å². The van der Waals surface area contributed by atoms with Gasteiger partial charge in [0.2, 0.25) is 0 Å². The lowest BCUT2D eigenvalue weighted by atomic mass is 10.1. The molecule has 0 saturated heterocycles. The molecule has 0 fully saturated rings. The van der Waals surface area contributed by atoms with Crippen LogP contribution in [0, 0.1) is 0 Å². The molecule has 0 heterocycles. The van der Waals surface area contributed by atoms with E-state index in [0.717, 1.165) is 10.0 Å². The largest absolute Gasteiger partial charge is 0.493 e. The van der Waals surface area contributed by atoms with Crippen molar-refractivity contribution in [1.82, 2.24) is 5.32 Å². The Morgan fingerprint density at radius 2 is 1.84 bits per heavy atom. The molecule has 0 bridgehead atoms. The lowest BCUT2D eigenvalue weighted by Crippen LogP contribution is -2.34. The molecular formula is C18H18BrF2NO3. The molecule has 1 N–H and O–H groups in total. The number of halogens is 3. The summed E-state index contributed by atoms with van der Waals surface area (Å²) in [6.07, 6.45) is 0.669. The van der Waals surface area contributed by atoms with E-state index in [-0.39, 0.29) is 23.4 Å². The van der Waals surface area contributed by atoms with Crippen LogP contribution in [0.5, 0.6) is 11.5 Å². The minimum atomic E-state index is -2.96. The molecule has 0 aliphatic rings. The number of methoxy groups -OCH3 is 1. The lowest BCUT2D eigenvalue weighted by molar-refractivity contribution is -0.0512. The van der Waals surface area contributed by atoms with E-state index < -0.39 is 6.61 Å². The first-order valence-electron chi connectivity index (χ1n) is 7.57. The minimum Gasteiger partial charge on any atom is -0.493 e. The summed E-state index contributed by atoms with van der Waals surface area (Å²) in [5.41, 5.74) is 1.40. The van der Waals surface area contributed by atoms with Gasteiger partial charge in [-0.15, -0.1) is 0 Å². The van der Waals surface area contributed by atoms with Crippen LogP contribution in [0.4, 0.5) is 8.78 Å². The average Bonchev–Trinajstić information content (AvgIpc) is 2.56. The molecule has 1 amide bonds. The van der Waals surface area contributed by atoms with Gasteiger partial charge in [-0.3, -0.25) is 4.79 Å². The van der Waals surface area contributed by atoms with Crippen molar-refractivity contribution in [3.63, 3.8) is 0 Å². The SMILES string of the molecule is COc1cc(C(=O)NC(C)Cc2ccc(Br)cc2)ccc1OC(F)F. The van der Waals surface area contributed by atoms with Crippen LogP contribution in [0.3, 0.4) is 0 Å². The Morgan fingerprint density at radius 1 is 1.16 bits per heavy atom. The monoisotopic (exact) mass is 413 g/mol. The Balaban J connectivity index is 2.03. The van der Waals surface area contributed by atoms with E-state index in [1.54, 1.807) is 0 Å². The van der Waals surface area contributed by atoms with Gasteiger partial charge in [-0.25, -0.2) is 0 Å². The highest BCUT2D eigenvalue weighted by atomic mass is 79.9. The predicted octanol–water partition coefficient (Wildman–Crippen LogP) is 4.42. The zero-order chi connectivity index (χ0) is 18.4. The van der Waals surface area contributed by atoms with E-state index >= 15 is 0 Å². The molecule has 2 aromatic carbocycles. The van der Waals surface area contributed by atoms with Gasteiger partial charge in [0.25, 0.3) is 5.91 Å². The van der Waals surface area contributed by atoms with Gasteiger partial charge < -0.3 is 14.8 Å². The van der Waals surface area contributed by atoms with Crippen molar-refractivity contribution in [3.8, 4) is 11.5 Å². The van der Waals surface area contributed by atoms with Crippen molar-refractivity contribution in [3.05, 3.63) is 58.1 Å². The Hall–Kier alpha value is -2.15. The second-order valence-corrected chi connectivity index (χ2v) is 6.36. The maximum Gasteiger partial charge on any atom is 0.387 e. The fourth-order valence-corrected chi connectivity index (χ4v) is 2.60. The van der Waals surface area contributed by atoms with Crippen molar-refractivity contribution < 1.29 is 23.0 Å². The zero-order valence-electron chi connectivity index (χ0n) is 13.8. The zero-order valence-corrected chi connectivity index (χ0v) is 15.3. The van der Waals surface area contributed by atoms with Crippen LogP contribution in [0.15, 0.2) is 46.9 Å². The number of ether oxygens (including phenoxy) is 2. The number of benzene rings is 2. The number of amides is 1. The van der Waals surface area contributed by atoms with Gasteiger partial charge in [0, 0.05) is 16.1 Å². The van der Waals surface area contributed by atoms with Crippen LogP contribution in [0.2, 0.25) is 0 Å². The van der Waals surface area contributed by atoms with E-state index in [9.17, 15) is 13.6 Å². The molecule has 0 saturated carbocycles. The second kappa shape index (κ2) is 8.80. The van der Waals surface area contributed by atoms with Crippen LogP contribution in [-0.2, 0) is 6.42 Å². The number of alkyl halides is 2. The summed E-state index contributed by atoms with van der Waals surface area (Å²) >= 11 is 3.38.